The van der Waals surface area contributed by atoms with Crippen LogP contribution in [0.25, 0.3) is 11.4 Å². The number of benzene rings is 1. The molecule has 3 rings (SSSR count). The van der Waals surface area contributed by atoms with Gasteiger partial charge in [0.2, 0.25) is 0 Å². The average molecular weight is 353 g/mol. The third-order valence-electron chi connectivity index (χ3n) is 4.81. The Morgan fingerprint density at radius 1 is 1.19 bits per heavy atom. The van der Waals surface area contributed by atoms with Gasteiger partial charge in [-0.1, -0.05) is 30.7 Å². The Morgan fingerprint density at radius 3 is 2.54 bits per heavy atom. The third kappa shape index (κ3) is 3.85. The van der Waals surface area contributed by atoms with Crippen LogP contribution < -0.4 is 4.90 Å². The van der Waals surface area contributed by atoms with Gasteiger partial charge in [-0.05, 0) is 19.5 Å². The molecule has 0 N–H and O–H groups in total. The van der Waals surface area contributed by atoms with Gasteiger partial charge >= 0.3 is 0 Å². The van der Waals surface area contributed by atoms with Crippen molar-refractivity contribution in [2.24, 2.45) is 0 Å². The number of anilines is 1. The predicted molar refractivity (Wildman–Crippen MR) is 105 cm³/mol. The summed E-state index contributed by atoms with van der Waals surface area (Å²) in [6, 6.07) is 8.09. The van der Waals surface area contributed by atoms with Gasteiger partial charge in [0.25, 0.3) is 5.91 Å². The van der Waals surface area contributed by atoms with E-state index in [9.17, 15) is 4.79 Å². The maximum atomic E-state index is 13.0. The summed E-state index contributed by atoms with van der Waals surface area (Å²) in [5.41, 5.74) is 2.69. The van der Waals surface area contributed by atoms with Gasteiger partial charge in [0, 0.05) is 52.0 Å². The number of amides is 1. The largest absolute Gasteiger partial charge is 0.362 e. The molecule has 0 unspecified atom stereocenters. The number of nitrogens with zero attached hydrogens (tertiary/aromatic N) is 5. The highest BCUT2D eigenvalue weighted by Crippen LogP contribution is 2.23. The molecule has 1 aliphatic heterocycles. The summed E-state index contributed by atoms with van der Waals surface area (Å²) in [5, 5.41) is 0. The zero-order chi connectivity index (χ0) is 18.7. The van der Waals surface area contributed by atoms with E-state index in [1.807, 2.05) is 49.0 Å². The number of aryl methyl sites for hydroxylation is 1. The molecule has 0 saturated carbocycles. The highest BCUT2D eigenvalue weighted by molar-refractivity contribution is 5.99. The number of likely N-dealkylation sites (N-methyl/N-ethyl adjacent to an activating group) is 1. The first kappa shape index (κ1) is 18.3. The lowest BCUT2D eigenvalue weighted by Crippen LogP contribution is -2.48. The van der Waals surface area contributed by atoms with Crippen molar-refractivity contribution in [3.05, 3.63) is 41.6 Å². The minimum absolute atomic E-state index is 0.0141. The predicted octanol–water partition coefficient (Wildman–Crippen LogP) is 2.30. The monoisotopic (exact) mass is 353 g/mol. The van der Waals surface area contributed by atoms with Crippen molar-refractivity contribution in [1.82, 2.24) is 19.8 Å². The van der Waals surface area contributed by atoms with E-state index in [4.69, 9.17) is 0 Å². The second-order valence-corrected chi connectivity index (χ2v) is 6.92. The number of hydrogen-bond acceptors (Lipinski definition) is 5. The Bertz CT molecular complexity index is 782. The van der Waals surface area contributed by atoms with Crippen LogP contribution in [0.5, 0.6) is 0 Å². The van der Waals surface area contributed by atoms with Gasteiger partial charge in [0.05, 0.1) is 0 Å². The maximum Gasteiger partial charge on any atom is 0.259 e. The number of carbonyl (C=O) groups excluding carboxylic acids is 1. The van der Waals surface area contributed by atoms with Crippen molar-refractivity contribution in [3.63, 3.8) is 0 Å². The highest BCUT2D eigenvalue weighted by atomic mass is 16.2. The molecule has 0 bridgehead atoms. The fraction of sp³-hybridized carbons (Fsp3) is 0.450. The molecule has 1 aliphatic rings. The molecule has 0 radical (unpaired) electrons. The van der Waals surface area contributed by atoms with Gasteiger partial charge in [-0.15, -0.1) is 0 Å². The van der Waals surface area contributed by atoms with Crippen LogP contribution in [0.2, 0.25) is 0 Å². The van der Waals surface area contributed by atoms with Gasteiger partial charge in [0.1, 0.15) is 11.4 Å². The Hall–Kier alpha value is -2.47. The van der Waals surface area contributed by atoms with Crippen LogP contribution >= 0.6 is 0 Å². The van der Waals surface area contributed by atoms with Crippen molar-refractivity contribution in [3.8, 4) is 11.4 Å². The lowest BCUT2D eigenvalue weighted by atomic mass is 10.1. The molecule has 1 saturated heterocycles. The van der Waals surface area contributed by atoms with Crippen LogP contribution in [0.3, 0.4) is 0 Å². The fourth-order valence-electron chi connectivity index (χ4n) is 3.23. The van der Waals surface area contributed by atoms with E-state index in [1.165, 1.54) is 0 Å². The van der Waals surface area contributed by atoms with Crippen LogP contribution in [0.15, 0.2) is 30.5 Å². The Balaban J connectivity index is 1.89. The quantitative estimate of drug-likeness (QED) is 0.844. The number of rotatable bonds is 4. The Kier molecular flexibility index (Phi) is 5.52. The third-order valence-corrected chi connectivity index (χ3v) is 4.81. The van der Waals surface area contributed by atoms with Crippen molar-refractivity contribution >= 4 is 11.7 Å². The fourth-order valence-corrected chi connectivity index (χ4v) is 3.23. The van der Waals surface area contributed by atoms with Crippen LogP contribution in [0.4, 0.5) is 5.82 Å². The van der Waals surface area contributed by atoms with Gasteiger partial charge in [-0.25, -0.2) is 9.97 Å². The molecule has 6 heteroatoms. The lowest BCUT2D eigenvalue weighted by molar-refractivity contribution is 0.0643. The zero-order valence-electron chi connectivity index (χ0n) is 16.1. The molecule has 0 spiro atoms. The first-order chi connectivity index (χ1) is 12.5. The molecular weight excluding hydrogens is 326 g/mol. The second-order valence-electron chi connectivity index (χ2n) is 6.92. The Morgan fingerprint density at radius 2 is 1.92 bits per heavy atom. The minimum atomic E-state index is 0.0141. The minimum Gasteiger partial charge on any atom is -0.362 e. The summed E-state index contributed by atoms with van der Waals surface area (Å²) in [7, 11) is 3.82. The summed E-state index contributed by atoms with van der Waals surface area (Å²) in [6.45, 7) is 8.56. The van der Waals surface area contributed by atoms with Crippen LogP contribution in [-0.2, 0) is 0 Å². The highest BCUT2D eigenvalue weighted by Gasteiger charge is 2.25. The molecule has 0 atom stereocenters. The van der Waals surface area contributed by atoms with Gasteiger partial charge in [-0.2, -0.15) is 0 Å². The summed E-state index contributed by atoms with van der Waals surface area (Å²) in [4.78, 5) is 28.3. The van der Waals surface area contributed by atoms with E-state index in [0.717, 1.165) is 43.9 Å². The standard InChI is InChI=1S/C20H27N5O/c1-5-24-9-11-25(12-10-24)20(26)17-14-21-18(22-19(17)23(3)4)16-8-6-7-15(2)13-16/h6-8,13-14H,5,9-12H2,1-4H3. The van der Waals surface area contributed by atoms with Crippen LogP contribution in [0.1, 0.15) is 22.8 Å². The smallest absolute Gasteiger partial charge is 0.259 e. The number of aromatic nitrogens is 2. The molecule has 1 aromatic carbocycles. The van der Waals surface area contributed by atoms with Crippen molar-refractivity contribution in [2.45, 2.75) is 13.8 Å². The molecular formula is C20H27N5O. The number of carbonyl (C=O) groups is 1. The van der Waals surface area contributed by atoms with Crippen LogP contribution in [0, 0.1) is 6.92 Å². The van der Waals surface area contributed by atoms with E-state index in [2.05, 4.69) is 27.9 Å². The number of hydrogen-bond donors (Lipinski definition) is 0. The molecule has 1 fully saturated rings. The van der Waals surface area contributed by atoms with Gasteiger partial charge in [-0.3, -0.25) is 4.79 Å². The van der Waals surface area contributed by atoms with E-state index < -0.39 is 0 Å². The molecule has 2 aromatic rings. The first-order valence-electron chi connectivity index (χ1n) is 9.12. The van der Waals surface area contributed by atoms with Crippen LogP contribution in [-0.4, -0.2) is 72.5 Å². The summed E-state index contributed by atoms with van der Waals surface area (Å²) in [6.07, 6.45) is 1.68. The van der Waals surface area contributed by atoms with Crippen molar-refractivity contribution in [1.29, 1.82) is 0 Å². The zero-order valence-corrected chi connectivity index (χ0v) is 16.1. The van der Waals surface area contributed by atoms with Gasteiger partial charge < -0.3 is 14.7 Å². The topological polar surface area (TPSA) is 52.6 Å². The summed E-state index contributed by atoms with van der Waals surface area (Å²) < 4.78 is 0. The Labute approximate surface area is 155 Å². The average Bonchev–Trinajstić information content (AvgIpc) is 2.67. The molecule has 6 nitrogen and oxygen atoms in total. The SMILES string of the molecule is CCN1CCN(C(=O)c2cnc(-c3cccc(C)c3)nc2N(C)C)CC1. The van der Waals surface area contributed by atoms with E-state index in [1.54, 1.807) is 6.20 Å². The summed E-state index contributed by atoms with van der Waals surface area (Å²) in [5.74, 6) is 1.32. The molecule has 138 valence electrons. The normalized spacial score (nSPS) is 15.2. The van der Waals surface area contributed by atoms with Gasteiger partial charge in [0.15, 0.2) is 5.82 Å². The molecule has 1 amide bonds. The molecule has 1 aromatic heterocycles. The molecule has 2 heterocycles. The summed E-state index contributed by atoms with van der Waals surface area (Å²) >= 11 is 0. The van der Waals surface area contributed by atoms with E-state index in [0.29, 0.717) is 17.2 Å². The number of piperazine rings is 1. The lowest BCUT2D eigenvalue weighted by Gasteiger charge is -2.34. The first-order valence-corrected chi connectivity index (χ1v) is 9.12. The van der Waals surface area contributed by atoms with Crippen molar-refractivity contribution in [2.75, 3.05) is 51.7 Å². The maximum absolute atomic E-state index is 13.0. The molecule has 26 heavy (non-hydrogen) atoms. The van der Waals surface area contributed by atoms with E-state index >= 15 is 0 Å². The second kappa shape index (κ2) is 7.83. The molecule has 0 aliphatic carbocycles. The van der Waals surface area contributed by atoms with Crippen molar-refractivity contribution < 1.29 is 4.79 Å². The van der Waals surface area contributed by atoms with E-state index in [-0.39, 0.29) is 5.91 Å².